The zero-order chi connectivity index (χ0) is 10.7. The van der Waals surface area contributed by atoms with E-state index in [9.17, 15) is 4.79 Å². The summed E-state index contributed by atoms with van der Waals surface area (Å²) in [5.41, 5.74) is 8.16. The zero-order valence-electron chi connectivity index (χ0n) is 8.27. The Morgan fingerprint density at radius 1 is 1.33 bits per heavy atom. The molecule has 0 saturated carbocycles. The van der Waals surface area contributed by atoms with Crippen molar-refractivity contribution in [3.63, 3.8) is 0 Å². The minimum Gasteiger partial charge on any atom is -0.379 e. The smallest absolute Gasteiger partial charge is 0.291 e. The number of amides is 1. The van der Waals surface area contributed by atoms with Crippen LogP contribution in [0, 0.1) is 0 Å². The first kappa shape index (κ1) is 9.91. The topological polar surface area (TPSA) is 97.3 Å². The molecule has 82 valence electrons. The molecule has 0 bridgehead atoms. The van der Waals surface area contributed by atoms with Crippen molar-refractivity contribution in [2.24, 2.45) is 0 Å². The summed E-state index contributed by atoms with van der Waals surface area (Å²) in [6, 6.07) is 0. The van der Waals surface area contributed by atoms with Crippen LogP contribution in [0.25, 0.3) is 0 Å². The second-order valence-corrected chi connectivity index (χ2v) is 3.49. The molecule has 7 nitrogen and oxygen atoms in total. The molecule has 1 aromatic heterocycles. The van der Waals surface area contributed by atoms with Gasteiger partial charge in [0.25, 0.3) is 5.91 Å². The molecule has 7 heteroatoms. The van der Waals surface area contributed by atoms with Crippen LogP contribution in [0.3, 0.4) is 0 Å². The van der Waals surface area contributed by atoms with Gasteiger partial charge in [0.05, 0.1) is 0 Å². The Balaban J connectivity index is 1.94. The lowest BCUT2D eigenvalue weighted by Crippen LogP contribution is -2.45. The molecule has 1 aliphatic rings. The number of aromatic nitrogens is 2. The highest BCUT2D eigenvalue weighted by molar-refractivity contribution is 5.95. The van der Waals surface area contributed by atoms with Crippen molar-refractivity contribution in [2.75, 3.05) is 18.8 Å². The first-order chi connectivity index (χ1) is 7.27. The third kappa shape index (κ3) is 2.24. The highest BCUT2D eigenvalue weighted by atomic mass is 16.6. The molecule has 1 amide bonds. The maximum atomic E-state index is 11.6. The van der Waals surface area contributed by atoms with Crippen LogP contribution >= 0.6 is 0 Å². The summed E-state index contributed by atoms with van der Waals surface area (Å²) in [5.74, 6) is -0.347. The van der Waals surface area contributed by atoms with Crippen LogP contribution in [-0.4, -0.2) is 34.3 Å². The van der Waals surface area contributed by atoms with Crippen molar-refractivity contribution in [1.82, 2.24) is 20.7 Å². The summed E-state index contributed by atoms with van der Waals surface area (Å²) < 4.78 is 4.35. The monoisotopic (exact) mass is 211 g/mol. The third-order valence-electron chi connectivity index (χ3n) is 2.34. The van der Waals surface area contributed by atoms with Gasteiger partial charge in [-0.15, -0.1) is 0 Å². The second-order valence-electron chi connectivity index (χ2n) is 3.49. The van der Waals surface area contributed by atoms with Crippen LogP contribution in [0.15, 0.2) is 4.63 Å². The molecule has 1 aliphatic heterocycles. The number of nitrogens with two attached hydrogens (primary N) is 1. The Bertz CT molecular complexity index is 345. The molecule has 15 heavy (non-hydrogen) atoms. The van der Waals surface area contributed by atoms with E-state index in [0.29, 0.717) is 0 Å². The lowest BCUT2D eigenvalue weighted by atomic mass is 10.2. The van der Waals surface area contributed by atoms with Gasteiger partial charge in [-0.3, -0.25) is 10.2 Å². The van der Waals surface area contributed by atoms with Gasteiger partial charge in [0.1, 0.15) is 0 Å². The summed E-state index contributed by atoms with van der Waals surface area (Å²) in [6.07, 6.45) is 3.39. The van der Waals surface area contributed by atoms with E-state index in [2.05, 4.69) is 20.4 Å². The molecule has 0 aliphatic carbocycles. The predicted octanol–water partition coefficient (Wildman–Crippen LogP) is -0.218. The van der Waals surface area contributed by atoms with E-state index in [1.54, 1.807) is 0 Å². The number of nitrogen functional groups attached to an aromatic ring is 1. The predicted molar refractivity (Wildman–Crippen MR) is 51.6 cm³/mol. The standard InChI is InChI=1S/C8H13N5O2/c9-7-6(11-15-12-7)8(14)10-13-4-2-1-3-5-13/h1-5H2,(H2,9,12)(H,10,14). The fourth-order valence-electron chi connectivity index (χ4n) is 1.56. The van der Waals surface area contributed by atoms with E-state index in [0.717, 1.165) is 25.9 Å². The average molecular weight is 211 g/mol. The highest BCUT2D eigenvalue weighted by Crippen LogP contribution is 2.08. The Morgan fingerprint density at radius 2 is 2.07 bits per heavy atom. The van der Waals surface area contributed by atoms with Crippen LogP contribution in [-0.2, 0) is 0 Å². The zero-order valence-corrected chi connectivity index (χ0v) is 8.27. The number of nitrogens with zero attached hydrogens (tertiary/aromatic N) is 3. The maximum absolute atomic E-state index is 11.6. The Hall–Kier alpha value is -1.63. The molecule has 2 heterocycles. The second kappa shape index (κ2) is 4.26. The first-order valence-corrected chi connectivity index (χ1v) is 4.91. The van der Waals surface area contributed by atoms with Gasteiger partial charge in [0.2, 0.25) is 11.5 Å². The van der Waals surface area contributed by atoms with E-state index >= 15 is 0 Å². The fraction of sp³-hybridized carbons (Fsp3) is 0.625. The van der Waals surface area contributed by atoms with E-state index in [4.69, 9.17) is 5.73 Å². The van der Waals surface area contributed by atoms with Gasteiger partial charge in [0, 0.05) is 13.1 Å². The third-order valence-corrected chi connectivity index (χ3v) is 2.34. The highest BCUT2D eigenvalue weighted by Gasteiger charge is 2.19. The molecule has 0 unspecified atom stereocenters. The fourth-order valence-corrected chi connectivity index (χ4v) is 1.56. The number of nitrogens with one attached hydrogen (secondary N) is 1. The van der Waals surface area contributed by atoms with Gasteiger partial charge >= 0.3 is 0 Å². The van der Waals surface area contributed by atoms with E-state index in [-0.39, 0.29) is 17.4 Å². The summed E-state index contributed by atoms with van der Waals surface area (Å²) in [4.78, 5) is 11.6. The molecule has 1 fully saturated rings. The van der Waals surface area contributed by atoms with Crippen LogP contribution in [0.5, 0.6) is 0 Å². The van der Waals surface area contributed by atoms with Crippen molar-refractivity contribution in [1.29, 1.82) is 0 Å². The number of rotatable bonds is 2. The van der Waals surface area contributed by atoms with Gasteiger partial charge in [-0.2, -0.15) is 0 Å². The lowest BCUT2D eigenvalue weighted by molar-refractivity contribution is 0.0740. The normalized spacial score (nSPS) is 17.6. The van der Waals surface area contributed by atoms with Gasteiger partial charge in [-0.25, -0.2) is 9.64 Å². The Kier molecular flexibility index (Phi) is 2.82. The molecule has 0 atom stereocenters. The molecule has 1 saturated heterocycles. The number of hydrogen-bond acceptors (Lipinski definition) is 6. The van der Waals surface area contributed by atoms with Crippen molar-refractivity contribution in [3.8, 4) is 0 Å². The molecule has 0 spiro atoms. The molecule has 2 rings (SSSR count). The largest absolute Gasteiger partial charge is 0.379 e. The van der Waals surface area contributed by atoms with Crippen molar-refractivity contribution < 1.29 is 9.42 Å². The quantitative estimate of drug-likeness (QED) is 0.702. The van der Waals surface area contributed by atoms with Crippen LogP contribution in [0.4, 0.5) is 5.82 Å². The lowest BCUT2D eigenvalue weighted by Gasteiger charge is -2.26. The van der Waals surface area contributed by atoms with Crippen LogP contribution in [0.2, 0.25) is 0 Å². The number of carbonyl (C=O) groups excluding carboxylic acids is 1. The van der Waals surface area contributed by atoms with Gasteiger partial charge in [-0.05, 0) is 23.2 Å². The number of anilines is 1. The van der Waals surface area contributed by atoms with E-state index < -0.39 is 0 Å². The molecule has 0 radical (unpaired) electrons. The Morgan fingerprint density at radius 3 is 2.67 bits per heavy atom. The van der Waals surface area contributed by atoms with Crippen LogP contribution < -0.4 is 11.2 Å². The summed E-state index contributed by atoms with van der Waals surface area (Å²) in [5, 5.41) is 8.64. The van der Waals surface area contributed by atoms with Gasteiger partial charge in [0.15, 0.2) is 0 Å². The van der Waals surface area contributed by atoms with Crippen molar-refractivity contribution in [2.45, 2.75) is 19.3 Å². The molecular formula is C8H13N5O2. The number of carbonyl (C=O) groups is 1. The molecule has 0 aromatic carbocycles. The number of piperidine rings is 1. The minimum absolute atomic E-state index is 0.0181. The maximum Gasteiger partial charge on any atom is 0.291 e. The molecule has 1 aromatic rings. The SMILES string of the molecule is Nc1nonc1C(=O)NN1CCCCC1. The first-order valence-electron chi connectivity index (χ1n) is 4.91. The van der Waals surface area contributed by atoms with E-state index in [1.165, 1.54) is 6.42 Å². The van der Waals surface area contributed by atoms with Crippen LogP contribution in [0.1, 0.15) is 29.8 Å². The summed E-state index contributed by atoms with van der Waals surface area (Å²) in [6.45, 7) is 1.72. The molecular weight excluding hydrogens is 198 g/mol. The average Bonchev–Trinajstić information content (AvgIpc) is 2.66. The Labute approximate surface area is 86.5 Å². The summed E-state index contributed by atoms with van der Waals surface area (Å²) in [7, 11) is 0. The minimum atomic E-state index is -0.365. The molecule has 3 N–H and O–H groups in total. The van der Waals surface area contributed by atoms with Gasteiger partial charge in [-0.1, -0.05) is 6.42 Å². The number of hydrogen-bond donors (Lipinski definition) is 2. The van der Waals surface area contributed by atoms with E-state index in [1.807, 2.05) is 5.01 Å². The van der Waals surface area contributed by atoms with Gasteiger partial charge < -0.3 is 5.73 Å². The summed E-state index contributed by atoms with van der Waals surface area (Å²) >= 11 is 0. The van der Waals surface area contributed by atoms with Crippen molar-refractivity contribution >= 4 is 11.7 Å². The number of hydrazine groups is 1. The van der Waals surface area contributed by atoms with Crippen molar-refractivity contribution in [3.05, 3.63) is 5.69 Å².